The number of likely N-dealkylation sites (tertiary alicyclic amines) is 1. The Balaban J connectivity index is 0.00000208. The minimum atomic E-state index is -0.130. The van der Waals surface area contributed by atoms with E-state index in [-0.39, 0.29) is 24.2 Å². The van der Waals surface area contributed by atoms with Crippen molar-refractivity contribution in [2.75, 3.05) is 44.6 Å². The Morgan fingerprint density at radius 1 is 1.21 bits per heavy atom. The van der Waals surface area contributed by atoms with Crippen molar-refractivity contribution in [1.82, 2.24) is 15.1 Å². The predicted molar refractivity (Wildman–Crippen MR) is 96.7 cm³/mol. The second-order valence-electron chi connectivity index (χ2n) is 6.24. The largest absolute Gasteiger partial charge is 0.337 e. The molecule has 0 aliphatic carbocycles. The van der Waals surface area contributed by atoms with E-state index in [0.29, 0.717) is 17.3 Å². The lowest BCUT2D eigenvalue weighted by Gasteiger charge is -2.32. The number of rotatable bonds is 3. The smallest absolute Gasteiger partial charge is 0.253 e. The van der Waals surface area contributed by atoms with Gasteiger partial charge in [-0.25, -0.2) is 0 Å². The fraction of sp³-hybridized carbons (Fsp3) is 0.529. The highest BCUT2D eigenvalue weighted by Crippen LogP contribution is 2.20. The Morgan fingerprint density at radius 3 is 2.67 bits per heavy atom. The molecular formula is C17H25ClN4O2. The summed E-state index contributed by atoms with van der Waals surface area (Å²) in [5, 5.41) is 6.09. The van der Waals surface area contributed by atoms with Crippen LogP contribution in [0.15, 0.2) is 24.3 Å². The van der Waals surface area contributed by atoms with E-state index in [1.807, 2.05) is 17.0 Å². The van der Waals surface area contributed by atoms with Gasteiger partial charge in [0.1, 0.15) is 0 Å². The van der Waals surface area contributed by atoms with E-state index in [1.54, 1.807) is 12.1 Å². The standard InChI is InChI=1S/C17H24N4O2.ClH/c1-13(22)19-15-4-2-3-14(11-15)17(23)21-8-5-16(12-21)20-9-6-18-7-10-20;/h2-4,11,16,18H,5-10,12H2,1H3,(H,19,22);1H. The van der Waals surface area contributed by atoms with E-state index in [0.717, 1.165) is 45.7 Å². The first kappa shape index (κ1) is 18.7. The van der Waals surface area contributed by atoms with Crippen LogP contribution in [-0.4, -0.2) is 66.9 Å². The predicted octanol–water partition coefficient (Wildman–Crippen LogP) is 1.19. The molecule has 2 aliphatic heterocycles. The lowest BCUT2D eigenvalue weighted by Crippen LogP contribution is -2.49. The second kappa shape index (κ2) is 8.46. The fourth-order valence-electron chi connectivity index (χ4n) is 3.39. The van der Waals surface area contributed by atoms with Crippen LogP contribution < -0.4 is 10.6 Å². The van der Waals surface area contributed by atoms with Gasteiger partial charge in [-0.05, 0) is 24.6 Å². The van der Waals surface area contributed by atoms with Gasteiger partial charge in [-0.1, -0.05) is 6.07 Å². The molecule has 0 spiro atoms. The van der Waals surface area contributed by atoms with E-state index in [1.165, 1.54) is 6.92 Å². The molecule has 7 heteroatoms. The van der Waals surface area contributed by atoms with Gasteiger partial charge in [-0.2, -0.15) is 0 Å². The Kier molecular flexibility index (Phi) is 6.60. The number of piperazine rings is 1. The molecule has 1 unspecified atom stereocenters. The van der Waals surface area contributed by atoms with Crippen LogP contribution in [0.4, 0.5) is 5.69 Å². The van der Waals surface area contributed by atoms with Gasteiger partial charge in [-0.15, -0.1) is 12.4 Å². The zero-order chi connectivity index (χ0) is 16.2. The highest BCUT2D eigenvalue weighted by atomic mass is 35.5. The number of halogens is 1. The molecule has 132 valence electrons. The van der Waals surface area contributed by atoms with E-state index in [2.05, 4.69) is 15.5 Å². The summed E-state index contributed by atoms with van der Waals surface area (Å²) in [4.78, 5) is 28.3. The van der Waals surface area contributed by atoms with Gasteiger partial charge in [0.05, 0.1) is 0 Å². The third-order valence-electron chi connectivity index (χ3n) is 4.55. The van der Waals surface area contributed by atoms with Crippen molar-refractivity contribution in [2.24, 2.45) is 0 Å². The van der Waals surface area contributed by atoms with E-state index < -0.39 is 0 Å². The van der Waals surface area contributed by atoms with Crippen LogP contribution in [0.25, 0.3) is 0 Å². The van der Waals surface area contributed by atoms with Crippen LogP contribution in [0, 0.1) is 0 Å². The lowest BCUT2D eigenvalue weighted by molar-refractivity contribution is -0.114. The molecule has 2 fully saturated rings. The maximum absolute atomic E-state index is 12.7. The molecule has 0 radical (unpaired) electrons. The summed E-state index contributed by atoms with van der Waals surface area (Å²) in [5.41, 5.74) is 1.30. The zero-order valence-corrected chi connectivity index (χ0v) is 14.8. The summed E-state index contributed by atoms with van der Waals surface area (Å²) in [6, 6.07) is 7.64. The maximum atomic E-state index is 12.7. The molecule has 1 aromatic carbocycles. The summed E-state index contributed by atoms with van der Waals surface area (Å²) in [6.07, 6.45) is 1.04. The summed E-state index contributed by atoms with van der Waals surface area (Å²) >= 11 is 0. The molecular weight excluding hydrogens is 328 g/mol. The Hall–Kier alpha value is -1.63. The van der Waals surface area contributed by atoms with Crippen molar-refractivity contribution in [2.45, 2.75) is 19.4 Å². The number of nitrogens with zero attached hydrogens (tertiary/aromatic N) is 2. The normalized spacial score (nSPS) is 21.2. The van der Waals surface area contributed by atoms with E-state index in [9.17, 15) is 9.59 Å². The van der Waals surface area contributed by atoms with Crippen molar-refractivity contribution in [3.05, 3.63) is 29.8 Å². The SMILES string of the molecule is CC(=O)Nc1cccc(C(=O)N2CCC(N3CCNCC3)C2)c1.Cl. The summed E-state index contributed by atoms with van der Waals surface area (Å²) in [7, 11) is 0. The quantitative estimate of drug-likeness (QED) is 0.857. The number of anilines is 1. The first-order chi connectivity index (χ1) is 11.1. The average Bonchev–Trinajstić information content (AvgIpc) is 3.04. The van der Waals surface area contributed by atoms with Gasteiger partial charge < -0.3 is 15.5 Å². The number of nitrogens with one attached hydrogen (secondary N) is 2. The molecule has 2 amide bonds. The Morgan fingerprint density at radius 2 is 1.96 bits per heavy atom. The molecule has 2 saturated heterocycles. The molecule has 0 bridgehead atoms. The molecule has 3 rings (SSSR count). The first-order valence-electron chi connectivity index (χ1n) is 8.25. The third-order valence-corrected chi connectivity index (χ3v) is 4.55. The third kappa shape index (κ3) is 4.47. The van der Waals surface area contributed by atoms with Gasteiger partial charge in [0.2, 0.25) is 5.91 Å². The van der Waals surface area contributed by atoms with Crippen LogP contribution >= 0.6 is 12.4 Å². The highest BCUT2D eigenvalue weighted by Gasteiger charge is 2.31. The topological polar surface area (TPSA) is 64.7 Å². The van der Waals surface area contributed by atoms with E-state index >= 15 is 0 Å². The molecule has 1 atom stereocenters. The Labute approximate surface area is 149 Å². The summed E-state index contributed by atoms with van der Waals surface area (Å²) in [5.74, 6) is -0.0793. The first-order valence-corrected chi connectivity index (χ1v) is 8.25. The minimum Gasteiger partial charge on any atom is -0.337 e. The average molecular weight is 353 g/mol. The summed E-state index contributed by atoms with van der Waals surface area (Å²) < 4.78 is 0. The van der Waals surface area contributed by atoms with Crippen LogP contribution in [0.5, 0.6) is 0 Å². The van der Waals surface area contributed by atoms with Crippen molar-refractivity contribution < 1.29 is 9.59 Å². The van der Waals surface area contributed by atoms with Crippen LogP contribution in [0.1, 0.15) is 23.7 Å². The molecule has 0 aromatic heterocycles. The van der Waals surface area contributed by atoms with E-state index in [4.69, 9.17) is 0 Å². The van der Waals surface area contributed by atoms with Crippen molar-refractivity contribution >= 4 is 29.9 Å². The molecule has 6 nitrogen and oxygen atoms in total. The lowest BCUT2D eigenvalue weighted by atomic mass is 10.1. The Bertz CT molecular complexity index is 590. The van der Waals surface area contributed by atoms with Gasteiger partial charge in [0, 0.05) is 63.5 Å². The van der Waals surface area contributed by atoms with Crippen LogP contribution in [0.3, 0.4) is 0 Å². The monoisotopic (exact) mass is 352 g/mol. The van der Waals surface area contributed by atoms with Gasteiger partial charge in [0.15, 0.2) is 0 Å². The minimum absolute atomic E-state index is 0. The molecule has 2 aliphatic rings. The molecule has 24 heavy (non-hydrogen) atoms. The molecule has 0 saturated carbocycles. The maximum Gasteiger partial charge on any atom is 0.253 e. The van der Waals surface area contributed by atoms with Crippen molar-refractivity contribution in [3.8, 4) is 0 Å². The number of carbonyl (C=O) groups excluding carboxylic acids is 2. The fourth-order valence-corrected chi connectivity index (χ4v) is 3.39. The number of hydrogen-bond acceptors (Lipinski definition) is 4. The number of benzene rings is 1. The molecule has 2 N–H and O–H groups in total. The summed E-state index contributed by atoms with van der Waals surface area (Å²) in [6.45, 7) is 7.25. The van der Waals surface area contributed by atoms with Crippen LogP contribution in [-0.2, 0) is 4.79 Å². The van der Waals surface area contributed by atoms with Crippen molar-refractivity contribution in [1.29, 1.82) is 0 Å². The number of amides is 2. The van der Waals surface area contributed by atoms with Gasteiger partial charge >= 0.3 is 0 Å². The molecule has 1 aromatic rings. The van der Waals surface area contributed by atoms with Gasteiger partial charge in [0.25, 0.3) is 5.91 Å². The van der Waals surface area contributed by atoms with Crippen LogP contribution in [0.2, 0.25) is 0 Å². The molecule has 2 heterocycles. The second-order valence-corrected chi connectivity index (χ2v) is 6.24. The van der Waals surface area contributed by atoms with Crippen molar-refractivity contribution in [3.63, 3.8) is 0 Å². The number of hydrogen-bond donors (Lipinski definition) is 2. The highest BCUT2D eigenvalue weighted by molar-refractivity contribution is 5.97. The zero-order valence-electron chi connectivity index (χ0n) is 14.0. The number of carbonyl (C=O) groups is 2. The van der Waals surface area contributed by atoms with Gasteiger partial charge in [-0.3, -0.25) is 14.5 Å².